The summed E-state index contributed by atoms with van der Waals surface area (Å²) >= 11 is 0. The number of hydrogen-bond donors (Lipinski definition) is 18. The molecule has 3 aliphatic rings. The van der Waals surface area contributed by atoms with Crippen LogP contribution in [0.25, 0.3) is 0 Å². The maximum absolute atomic E-state index is 12.6. The SMILES string of the molecule is COC(=O)c1ccc2c(c1)C(=O)N(c1ccc(S(=O)(=O)CC(=O)[O-])cc1)C2=O.NC(N)=[NH+]CCC[NH+]=C(N)N.NC(N)=[NH+]CCC[NH+]=C(N)N.NC(N)=[NH+]CC[NH+]=C(N)N.O=C([O-])CS(=O)(=O)c1ccc(N2C(=O)c3ccccc3C2=O)cc1.O=C([O-])CS(=O)(=O)c1cccc(N2C(=O)c3ccccc3C2=O)c1. The van der Waals surface area contributed by atoms with Crippen molar-refractivity contribution in [1.82, 2.24) is 0 Å². The Bertz CT molecular complexity index is 4770. The second kappa shape index (κ2) is 39.7. The third kappa shape index (κ3) is 25.5. The summed E-state index contributed by atoms with van der Waals surface area (Å²) in [5.41, 5.74) is 63.1. The zero-order valence-corrected chi connectivity index (χ0v) is 59.7. The summed E-state index contributed by atoms with van der Waals surface area (Å²) in [6.07, 6.45) is 1.71. The number of fused-ring (bicyclic) bond motifs is 3. The van der Waals surface area contributed by atoms with E-state index in [1.807, 2.05) is 0 Å². The van der Waals surface area contributed by atoms with E-state index in [-0.39, 0.29) is 106 Å². The number of esters is 1. The molecule has 6 aromatic carbocycles. The zero-order valence-electron chi connectivity index (χ0n) is 57.2. The first kappa shape index (κ1) is 86.5. The van der Waals surface area contributed by atoms with Crippen LogP contribution in [0.15, 0.2) is 154 Å². The number of guanidine groups is 6. The van der Waals surface area contributed by atoms with Crippen molar-refractivity contribution < 1.29 is 123 Å². The first-order valence-electron chi connectivity index (χ1n) is 31.0. The molecule has 0 aromatic heterocycles. The summed E-state index contributed by atoms with van der Waals surface area (Å²) in [7, 11) is -11.1. The average Bonchev–Trinajstić information content (AvgIpc) is 1.67. The van der Waals surface area contributed by atoms with E-state index in [1.54, 1.807) is 24.3 Å². The number of hydrogen-bond acceptors (Lipinski definition) is 20. The van der Waals surface area contributed by atoms with Crippen molar-refractivity contribution in [2.24, 2.45) is 68.8 Å². The minimum atomic E-state index is -4.13. The molecule has 0 unspecified atom stereocenters. The lowest BCUT2D eigenvalue weighted by molar-refractivity contribution is -0.540. The van der Waals surface area contributed by atoms with E-state index < -0.39 is 106 Å². The number of rotatable bonds is 24. The van der Waals surface area contributed by atoms with Crippen molar-refractivity contribution >= 4 is 142 Å². The number of benzene rings is 6. The van der Waals surface area contributed by atoms with Gasteiger partial charge in [0.05, 0.1) is 152 Å². The average molecular weight is 1560 g/mol. The minimum absolute atomic E-state index is 0.0153. The van der Waals surface area contributed by atoms with Crippen molar-refractivity contribution in [3.63, 3.8) is 0 Å². The Labute approximate surface area is 615 Å². The molecule has 0 fully saturated rings. The van der Waals surface area contributed by atoms with Crippen molar-refractivity contribution in [3.05, 3.63) is 178 Å². The van der Waals surface area contributed by atoms with Gasteiger partial charge in [-0.1, -0.05) is 30.3 Å². The monoisotopic (exact) mass is 1560 g/mol. The molecule has 0 bridgehead atoms. The number of methoxy groups -OCH3 is 1. The molecule has 108 heavy (non-hydrogen) atoms. The molecule has 0 saturated carbocycles. The molecule has 6 aromatic rings. The number of amides is 6. The third-order valence-corrected chi connectivity index (χ3v) is 18.8. The molecule has 30 N–H and O–H groups in total. The van der Waals surface area contributed by atoms with Gasteiger partial charge in [0.1, 0.15) is 0 Å². The van der Waals surface area contributed by atoms with Gasteiger partial charge in [-0.3, -0.25) is 128 Å². The van der Waals surface area contributed by atoms with Crippen LogP contribution in [0.2, 0.25) is 0 Å². The number of imide groups is 3. The van der Waals surface area contributed by atoms with E-state index in [9.17, 15) is 88.5 Å². The summed E-state index contributed by atoms with van der Waals surface area (Å²) < 4.78 is 76.0. The molecule has 44 heteroatoms. The zero-order chi connectivity index (χ0) is 81.0. The van der Waals surface area contributed by atoms with Crippen LogP contribution in [0.1, 0.15) is 85.3 Å². The molecule has 9 rings (SSSR count). The Balaban J connectivity index is 0.000000287. The molecule has 3 heterocycles. The Morgan fingerprint density at radius 2 is 0.611 bits per heavy atom. The van der Waals surface area contributed by atoms with Crippen molar-refractivity contribution in [2.75, 3.05) is 78.3 Å². The summed E-state index contributed by atoms with van der Waals surface area (Å²) in [6.45, 7) is 4.04. The number of nitrogens with two attached hydrogens (primary N) is 12. The summed E-state index contributed by atoms with van der Waals surface area (Å²) in [4.78, 5) is 136. The van der Waals surface area contributed by atoms with Crippen LogP contribution in [-0.4, -0.2) is 184 Å². The van der Waals surface area contributed by atoms with Crippen molar-refractivity contribution in [3.8, 4) is 0 Å². The highest BCUT2D eigenvalue weighted by Crippen LogP contribution is 2.33. The number of sulfone groups is 3. The fourth-order valence-electron chi connectivity index (χ4n) is 9.23. The van der Waals surface area contributed by atoms with Gasteiger partial charge in [-0.2, -0.15) is 0 Å². The lowest BCUT2D eigenvalue weighted by Crippen LogP contribution is -2.88. The highest BCUT2D eigenvalue weighted by atomic mass is 32.2. The number of aliphatic carboxylic acids is 3. The summed E-state index contributed by atoms with van der Waals surface area (Å²) in [5, 5.41) is 31.6. The molecular weight excluding hydrogens is 1480 g/mol. The normalized spacial score (nSPS) is 12.2. The van der Waals surface area contributed by atoms with Gasteiger partial charge < -0.3 is 34.4 Å². The van der Waals surface area contributed by atoms with Crippen LogP contribution in [0.3, 0.4) is 0 Å². The van der Waals surface area contributed by atoms with E-state index in [2.05, 4.69) is 34.7 Å². The van der Waals surface area contributed by atoms with Gasteiger partial charge in [-0.25, -0.2) is 44.7 Å². The van der Waals surface area contributed by atoms with Crippen LogP contribution in [0, 0.1) is 0 Å². The molecule has 3 aliphatic heterocycles. The number of carboxylic acid groups (broad SMARTS) is 3. The molecule has 0 saturated heterocycles. The van der Waals surface area contributed by atoms with Gasteiger partial charge in [-0.15, -0.1) is 0 Å². The molecule has 574 valence electrons. The summed E-state index contributed by atoms with van der Waals surface area (Å²) in [5.74, 6) is -11.5. The second-order valence-corrected chi connectivity index (χ2v) is 28.0. The largest absolute Gasteiger partial charge is 0.549 e. The van der Waals surface area contributed by atoms with E-state index in [1.165, 1.54) is 92.0 Å². The Morgan fingerprint density at radius 3 is 0.907 bits per heavy atom. The first-order chi connectivity index (χ1) is 50.6. The maximum atomic E-state index is 12.6. The molecule has 0 spiro atoms. The van der Waals surface area contributed by atoms with Gasteiger partial charge in [-0.05, 0) is 109 Å². The van der Waals surface area contributed by atoms with E-state index in [4.69, 9.17) is 68.8 Å². The quantitative estimate of drug-likeness (QED) is 0.00880. The number of carboxylic acids is 3. The van der Waals surface area contributed by atoms with Gasteiger partial charge in [0.2, 0.25) is 0 Å². The summed E-state index contributed by atoms with van der Waals surface area (Å²) in [6, 6.07) is 31.1. The molecule has 6 amide bonds. The molecule has 0 aliphatic carbocycles. The highest BCUT2D eigenvalue weighted by Gasteiger charge is 2.40. The predicted molar refractivity (Wildman–Crippen MR) is 379 cm³/mol. The van der Waals surface area contributed by atoms with E-state index in [0.29, 0.717) is 39.3 Å². The number of ether oxygens (including phenoxy) is 1. The molecular formula is C64H78N21O20S3+3. The Hall–Kier alpha value is -13.9. The Morgan fingerprint density at radius 1 is 0.333 bits per heavy atom. The minimum Gasteiger partial charge on any atom is -0.549 e. The van der Waals surface area contributed by atoms with E-state index >= 15 is 0 Å². The van der Waals surface area contributed by atoms with Crippen LogP contribution in [0.4, 0.5) is 17.1 Å². The smallest absolute Gasteiger partial charge is 0.338 e. The maximum Gasteiger partial charge on any atom is 0.338 e. The van der Waals surface area contributed by atoms with Crippen LogP contribution in [0.5, 0.6) is 0 Å². The van der Waals surface area contributed by atoms with E-state index in [0.717, 1.165) is 57.9 Å². The van der Waals surface area contributed by atoms with Gasteiger partial charge >= 0.3 is 41.7 Å². The Kier molecular flexibility index (Phi) is 31.8. The predicted octanol–water partition coefficient (Wildman–Crippen LogP) is -18.3. The van der Waals surface area contributed by atoms with Crippen molar-refractivity contribution in [2.45, 2.75) is 27.5 Å². The van der Waals surface area contributed by atoms with Gasteiger partial charge in [0.25, 0.3) is 35.4 Å². The topological polar surface area (TPSA) is 757 Å². The molecule has 0 radical (unpaired) electrons. The second-order valence-electron chi connectivity index (χ2n) is 22.1. The van der Waals surface area contributed by atoms with Crippen LogP contribution in [-0.2, 0) is 48.6 Å². The van der Waals surface area contributed by atoms with Gasteiger partial charge in [0, 0.05) is 12.8 Å². The third-order valence-electron chi connectivity index (χ3n) is 14.0. The fraction of sp³-hybridized carbons (Fsp3) is 0.188. The number of anilines is 3. The van der Waals surface area contributed by atoms with Gasteiger partial charge in [0.15, 0.2) is 29.5 Å². The number of nitrogens with zero attached hydrogens (tertiary/aromatic N) is 3. The number of carbonyl (C=O) groups excluding carboxylic acids is 10. The molecule has 41 nitrogen and oxygen atoms in total. The lowest BCUT2D eigenvalue weighted by Gasteiger charge is -2.15. The number of carbonyl (C=O) groups is 10. The highest BCUT2D eigenvalue weighted by molar-refractivity contribution is 7.92. The first-order valence-corrected chi connectivity index (χ1v) is 36.0. The van der Waals surface area contributed by atoms with Crippen LogP contribution < -0.4 is 129 Å². The fourth-order valence-corrected chi connectivity index (χ4v) is 12.3. The standard InChI is InChI=1S/C18H13NO8S.2C16H11NO6S.2C5H14N6.C4H12N6/c1-27-18(24)10-2-7-13-14(8-10)17(23)19(16(13)22)11-3-5-12(6-4-11)28(25,26)9-15(20)21;18-14(19)9-24(22,23)11-5-3-4-10(8-11)17-15(20)12-6-1-2-7-13(12)16(17)21;18-14(19)9-24(22,23)11-7-5-10(6-8-11)17-15(20)12-3-1-2-4-13(12)16(17)21;2*6-4(7)10-2-1-3-11-5(8)9;5-3(6)9-1-2-10-4(7)8/h2-8H,9H2,1H3,(H,20,21);2*1-8H,9H2,(H,18,19);2*1-3H2,(H4,6,7,10)(H4,8,9,11);1-2H2,(H4,5,6,9)(H4,7,8,10)/p+3. The van der Waals surface area contributed by atoms with Crippen molar-refractivity contribution in [1.29, 1.82) is 0 Å². The molecule has 0 atom stereocenters. The number of nitrogens with one attached hydrogen (secondary N) is 6. The lowest BCUT2D eigenvalue weighted by atomic mass is 10.1. The van der Waals surface area contributed by atoms with Crippen LogP contribution >= 0.6 is 0 Å².